The molecule has 1 amide bonds. The number of amides is 1. The Morgan fingerprint density at radius 1 is 1.08 bits per heavy atom. The molecule has 0 atom stereocenters. The molecule has 0 saturated heterocycles. The molecule has 0 bridgehead atoms. The van der Waals surface area contributed by atoms with Crippen molar-refractivity contribution in [1.82, 2.24) is 25.1 Å². The second-order valence-electron chi connectivity index (χ2n) is 9.63. The minimum absolute atomic E-state index is 0.0465. The maximum absolute atomic E-state index is 14.8. The smallest absolute Gasteiger partial charge is 0.383 e. The predicted molar refractivity (Wildman–Crippen MR) is 129 cm³/mol. The Balaban J connectivity index is 1.28. The number of aromatic nitrogens is 4. The van der Waals surface area contributed by atoms with Crippen LogP contribution in [-0.2, 0) is 24.9 Å². The molecule has 38 heavy (non-hydrogen) atoms. The fourth-order valence-corrected chi connectivity index (χ4v) is 4.91. The van der Waals surface area contributed by atoms with E-state index in [4.69, 9.17) is 5.73 Å². The van der Waals surface area contributed by atoms with Crippen molar-refractivity contribution in [2.24, 2.45) is 0 Å². The summed E-state index contributed by atoms with van der Waals surface area (Å²) in [6.07, 6.45) is -4.51. The number of rotatable bonds is 4. The first-order valence-corrected chi connectivity index (χ1v) is 11.8. The fraction of sp³-hybridized carbons (Fsp3) is 0.269. The van der Waals surface area contributed by atoms with Gasteiger partial charge in [-0.3, -0.25) is 9.59 Å². The number of halogens is 4. The molecular formula is C26H20F4N6O2. The second-order valence-corrected chi connectivity index (χ2v) is 9.63. The van der Waals surface area contributed by atoms with E-state index in [1.165, 1.54) is 23.1 Å². The van der Waals surface area contributed by atoms with Crippen LogP contribution < -0.4 is 11.3 Å². The highest BCUT2D eigenvalue weighted by molar-refractivity contribution is 5.95. The highest BCUT2D eigenvalue weighted by Crippen LogP contribution is 2.58. The Morgan fingerprint density at radius 2 is 1.82 bits per heavy atom. The Bertz CT molecular complexity index is 1680. The van der Waals surface area contributed by atoms with Crippen LogP contribution in [0, 0.1) is 5.82 Å². The minimum Gasteiger partial charge on any atom is -0.383 e. The molecule has 3 heterocycles. The van der Waals surface area contributed by atoms with Gasteiger partial charge < -0.3 is 10.6 Å². The highest BCUT2D eigenvalue weighted by atomic mass is 19.4. The number of hydrogen-bond donors (Lipinski definition) is 2. The van der Waals surface area contributed by atoms with Crippen LogP contribution >= 0.6 is 0 Å². The van der Waals surface area contributed by atoms with Crippen LogP contribution in [0.2, 0.25) is 0 Å². The normalized spacial score (nSPS) is 16.1. The molecule has 0 radical (unpaired) electrons. The van der Waals surface area contributed by atoms with Crippen molar-refractivity contribution >= 4 is 22.5 Å². The van der Waals surface area contributed by atoms with Crippen molar-refractivity contribution in [2.75, 3.05) is 5.73 Å². The average molecular weight is 524 g/mol. The van der Waals surface area contributed by atoms with Crippen molar-refractivity contribution in [3.63, 3.8) is 0 Å². The fourth-order valence-electron chi connectivity index (χ4n) is 4.91. The van der Waals surface area contributed by atoms with Gasteiger partial charge >= 0.3 is 6.18 Å². The zero-order valence-corrected chi connectivity index (χ0v) is 19.8. The number of nitrogens with zero attached hydrogens (tertiary/aromatic N) is 4. The average Bonchev–Trinajstić information content (AvgIpc) is 3.60. The van der Waals surface area contributed by atoms with Crippen molar-refractivity contribution in [3.8, 4) is 0 Å². The number of aromatic amines is 1. The summed E-state index contributed by atoms with van der Waals surface area (Å²) in [5, 5.41) is 7.68. The molecule has 1 fully saturated rings. The summed E-state index contributed by atoms with van der Waals surface area (Å²) in [6, 6.07) is 11.0. The van der Waals surface area contributed by atoms with Crippen molar-refractivity contribution in [2.45, 2.75) is 43.9 Å². The molecule has 194 valence electrons. The van der Waals surface area contributed by atoms with Crippen LogP contribution in [0.15, 0.2) is 47.3 Å². The molecule has 0 spiro atoms. The van der Waals surface area contributed by atoms with Gasteiger partial charge in [-0.15, -0.1) is 0 Å². The largest absolute Gasteiger partial charge is 0.401 e. The first-order valence-electron chi connectivity index (χ1n) is 11.8. The Morgan fingerprint density at radius 3 is 2.53 bits per heavy atom. The van der Waals surface area contributed by atoms with Gasteiger partial charge in [-0.1, -0.05) is 24.3 Å². The van der Waals surface area contributed by atoms with Crippen LogP contribution in [-0.4, -0.2) is 37.1 Å². The zero-order valence-electron chi connectivity index (χ0n) is 19.8. The summed E-state index contributed by atoms with van der Waals surface area (Å²) in [4.78, 5) is 34.7. The van der Waals surface area contributed by atoms with Crippen LogP contribution in [0.4, 0.5) is 23.4 Å². The van der Waals surface area contributed by atoms with E-state index < -0.39 is 23.3 Å². The number of nitrogens with two attached hydrogens (primary N) is 1. The number of hydrogen-bond acceptors (Lipinski definition) is 6. The molecule has 1 saturated carbocycles. The molecule has 8 nitrogen and oxygen atoms in total. The molecule has 2 aliphatic rings. The Labute approximate surface area is 212 Å². The second kappa shape index (κ2) is 8.33. The lowest BCUT2D eigenvalue weighted by Gasteiger charge is -2.18. The van der Waals surface area contributed by atoms with Crippen molar-refractivity contribution < 1.29 is 22.4 Å². The van der Waals surface area contributed by atoms with Crippen LogP contribution in [0.1, 0.15) is 51.5 Å². The van der Waals surface area contributed by atoms with Gasteiger partial charge in [0, 0.05) is 17.4 Å². The predicted octanol–water partition coefficient (Wildman–Crippen LogP) is 3.78. The lowest BCUT2D eigenvalue weighted by molar-refractivity contribution is -0.162. The number of H-pyrrole nitrogens is 1. The number of benzene rings is 2. The van der Waals surface area contributed by atoms with Crippen LogP contribution in [0.25, 0.3) is 10.8 Å². The van der Waals surface area contributed by atoms with Crippen LogP contribution in [0.3, 0.4) is 0 Å². The lowest BCUT2D eigenvalue weighted by Crippen LogP contribution is -2.31. The summed E-state index contributed by atoms with van der Waals surface area (Å²) < 4.78 is 55.6. The Hall–Kier alpha value is -4.35. The standard InChI is InChI=1S/C26H20F4N6O2/c27-18-6-5-13(10-19-14-3-1-2-4-15(14)22(37)35-34-19)9-16(18)23(38)36-11-17-20(12-36)32-24(33-21(17)31)25(7-8-25)26(28,29)30/h1-6,9H,7-8,10-12H2,(H,35,37)(H2,31,32,33). The molecule has 3 N–H and O–H groups in total. The van der Waals surface area contributed by atoms with Crippen LogP contribution in [0.5, 0.6) is 0 Å². The van der Waals surface area contributed by atoms with E-state index in [0.29, 0.717) is 27.6 Å². The van der Waals surface area contributed by atoms with Gasteiger partial charge in [0.05, 0.1) is 35.4 Å². The summed E-state index contributed by atoms with van der Waals surface area (Å²) in [5.41, 5.74) is 5.06. The summed E-state index contributed by atoms with van der Waals surface area (Å²) in [6.45, 7) is -0.160. The van der Waals surface area contributed by atoms with E-state index in [1.54, 1.807) is 24.3 Å². The van der Waals surface area contributed by atoms with E-state index in [2.05, 4.69) is 20.2 Å². The molecule has 2 aromatic carbocycles. The molecule has 0 unspecified atom stereocenters. The van der Waals surface area contributed by atoms with Gasteiger partial charge in [-0.2, -0.15) is 18.3 Å². The van der Waals surface area contributed by atoms with E-state index in [-0.39, 0.29) is 60.8 Å². The maximum atomic E-state index is 14.8. The molecule has 12 heteroatoms. The molecule has 4 aromatic rings. The quantitative estimate of drug-likeness (QED) is 0.393. The summed E-state index contributed by atoms with van der Waals surface area (Å²) in [7, 11) is 0. The molecule has 6 rings (SSSR count). The van der Waals surface area contributed by atoms with E-state index >= 15 is 0 Å². The number of carbonyl (C=O) groups is 1. The van der Waals surface area contributed by atoms with E-state index in [1.807, 2.05) is 0 Å². The van der Waals surface area contributed by atoms with Gasteiger partial charge in [0.15, 0.2) is 0 Å². The number of nitrogen functional groups attached to an aromatic ring is 1. The summed E-state index contributed by atoms with van der Waals surface area (Å²) >= 11 is 0. The molecular weight excluding hydrogens is 504 g/mol. The third-order valence-electron chi connectivity index (χ3n) is 7.23. The minimum atomic E-state index is -4.50. The monoisotopic (exact) mass is 524 g/mol. The number of nitrogens with one attached hydrogen (secondary N) is 1. The lowest BCUT2D eigenvalue weighted by atomic mass is 10.0. The number of anilines is 1. The first-order chi connectivity index (χ1) is 18.1. The van der Waals surface area contributed by atoms with Gasteiger partial charge in [-0.05, 0) is 36.6 Å². The van der Waals surface area contributed by atoms with Crippen molar-refractivity contribution in [3.05, 3.63) is 92.5 Å². The van der Waals surface area contributed by atoms with Gasteiger partial charge in [0.2, 0.25) is 0 Å². The topological polar surface area (TPSA) is 118 Å². The third-order valence-corrected chi connectivity index (χ3v) is 7.23. The SMILES string of the molecule is Nc1nc(C2(C(F)(F)F)CC2)nc2c1CN(C(=O)c1cc(Cc3n[nH]c(=O)c4ccccc34)ccc1F)C2. The Kier molecular flexibility index (Phi) is 5.27. The maximum Gasteiger partial charge on any atom is 0.401 e. The van der Waals surface area contributed by atoms with E-state index in [9.17, 15) is 27.2 Å². The number of alkyl halides is 3. The molecule has 1 aliphatic carbocycles. The number of fused-ring (bicyclic) bond motifs is 2. The molecule has 2 aromatic heterocycles. The molecule has 1 aliphatic heterocycles. The van der Waals surface area contributed by atoms with Gasteiger partial charge in [0.1, 0.15) is 22.9 Å². The van der Waals surface area contributed by atoms with Gasteiger partial charge in [0.25, 0.3) is 11.5 Å². The highest BCUT2D eigenvalue weighted by Gasteiger charge is 2.66. The number of carbonyl (C=O) groups excluding carboxylic acids is 1. The first kappa shape index (κ1) is 24.0. The van der Waals surface area contributed by atoms with Gasteiger partial charge in [-0.25, -0.2) is 19.5 Å². The third kappa shape index (κ3) is 3.78. The summed E-state index contributed by atoms with van der Waals surface area (Å²) in [5.74, 6) is -1.90. The zero-order chi connectivity index (χ0) is 26.8. The van der Waals surface area contributed by atoms with E-state index in [0.717, 1.165) is 0 Å². The van der Waals surface area contributed by atoms with Crippen molar-refractivity contribution in [1.29, 1.82) is 0 Å².